The summed E-state index contributed by atoms with van der Waals surface area (Å²) in [5, 5.41) is 2.62. The highest BCUT2D eigenvalue weighted by Crippen LogP contribution is 2.42. The van der Waals surface area contributed by atoms with Crippen LogP contribution < -0.4 is 0 Å². The summed E-state index contributed by atoms with van der Waals surface area (Å²) in [6, 6.07) is 18.6. The molecule has 1 N–H and O–H groups in total. The number of nitrogens with one attached hydrogen (secondary N) is 1. The third-order valence-corrected chi connectivity index (χ3v) is 7.00. The molecule has 0 unspecified atom stereocenters. The first-order valence-corrected chi connectivity index (χ1v) is 11.9. The van der Waals surface area contributed by atoms with Crippen molar-refractivity contribution in [3.63, 3.8) is 0 Å². The van der Waals surface area contributed by atoms with Crippen molar-refractivity contribution in [3.05, 3.63) is 93.0 Å². The average Bonchev–Trinajstić information content (AvgIpc) is 3.05. The lowest BCUT2D eigenvalue weighted by Crippen LogP contribution is -1.92. The maximum Gasteiger partial charge on any atom is 0.0545 e. The Kier molecular flexibility index (Phi) is 4.97. The SMILES string of the molecule is Cc1cc(C)c(-c2cc(C)cc3c2[nH]c2c(-c4c(C)cc(C)cc4C)cc(C)cc23)c(C)c1. The Labute approximate surface area is 197 Å². The summed E-state index contributed by atoms with van der Waals surface area (Å²) < 4.78 is 0. The Balaban J connectivity index is 1.92. The first-order valence-electron chi connectivity index (χ1n) is 11.9. The minimum absolute atomic E-state index is 1.24. The molecule has 0 aliphatic carbocycles. The average molecular weight is 432 g/mol. The summed E-state index contributed by atoms with van der Waals surface area (Å²) in [7, 11) is 0. The van der Waals surface area contributed by atoms with E-state index in [0.717, 1.165) is 0 Å². The van der Waals surface area contributed by atoms with Crippen molar-refractivity contribution in [1.82, 2.24) is 4.98 Å². The van der Waals surface area contributed by atoms with Crippen molar-refractivity contribution in [2.24, 2.45) is 0 Å². The number of aryl methyl sites for hydroxylation is 8. The zero-order valence-electron chi connectivity index (χ0n) is 21.1. The fourth-order valence-electron chi connectivity index (χ4n) is 6.00. The van der Waals surface area contributed by atoms with Crippen molar-refractivity contribution >= 4 is 21.8 Å². The molecule has 0 saturated carbocycles. The number of H-pyrrole nitrogens is 1. The van der Waals surface area contributed by atoms with Gasteiger partial charge in [0.25, 0.3) is 0 Å². The number of fused-ring (bicyclic) bond motifs is 3. The maximum absolute atomic E-state index is 3.90. The Hall–Kier alpha value is -3.32. The molecule has 0 saturated heterocycles. The molecule has 1 aromatic heterocycles. The number of benzene rings is 4. The number of rotatable bonds is 2. The predicted octanol–water partition coefficient (Wildman–Crippen LogP) is 9.12. The summed E-state index contributed by atoms with van der Waals surface area (Å²) in [5.41, 5.74) is 18.3. The Morgan fingerprint density at radius 2 is 0.697 bits per heavy atom. The van der Waals surface area contributed by atoms with E-state index in [1.165, 1.54) is 88.6 Å². The second kappa shape index (κ2) is 7.63. The summed E-state index contributed by atoms with van der Waals surface area (Å²) >= 11 is 0. The highest BCUT2D eigenvalue weighted by atomic mass is 14.7. The summed E-state index contributed by atoms with van der Waals surface area (Å²) in [6.07, 6.45) is 0. The molecule has 0 aliphatic heterocycles. The Morgan fingerprint density at radius 3 is 1.03 bits per heavy atom. The molecule has 0 atom stereocenters. The quantitative estimate of drug-likeness (QED) is 0.287. The topological polar surface area (TPSA) is 15.8 Å². The molecule has 0 fully saturated rings. The van der Waals surface area contributed by atoms with Gasteiger partial charge in [-0.2, -0.15) is 0 Å². The van der Waals surface area contributed by atoms with Crippen molar-refractivity contribution in [2.45, 2.75) is 55.4 Å². The maximum atomic E-state index is 3.90. The van der Waals surface area contributed by atoms with Crippen LogP contribution >= 0.6 is 0 Å². The Bertz CT molecular complexity index is 1410. The van der Waals surface area contributed by atoms with E-state index >= 15 is 0 Å². The predicted molar refractivity (Wildman–Crippen MR) is 145 cm³/mol. The smallest absolute Gasteiger partial charge is 0.0545 e. The molecule has 1 heteroatoms. The van der Waals surface area contributed by atoms with Crippen LogP contribution in [-0.2, 0) is 0 Å². The molecule has 0 amide bonds. The molecular weight excluding hydrogens is 398 g/mol. The zero-order chi connectivity index (χ0) is 23.6. The van der Waals surface area contributed by atoms with E-state index in [-0.39, 0.29) is 0 Å². The zero-order valence-corrected chi connectivity index (χ0v) is 21.1. The standard InChI is InChI=1S/C32H33N/c1-17-9-21(5)29(22(6)10-17)27-15-19(3)13-25-26-14-20(4)16-28(32(26)33-31(25)27)30-23(7)11-18(2)12-24(30)8/h9-16,33H,1-8H3. The van der Waals surface area contributed by atoms with Crippen LogP contribution in [0.4, 0.5) is 0 Å². The van der Waals surface area contributed by atoms with Gasteiger partial charge in [0.2, 0.25) is 0 Å². The van der Waals surface area contributed by atoms with Gasteiger partial charge in [0, 0.05) is 21.9 Å². The molecule has 5 rings (SSSR count). The monoisotopic (exact) mass is 431 g/mol. The van der Waals surface area contributed by atoms with Gasteiger partial charge >= 0.3 is 0 Å². The lowest BCUT2D eigenvalue weighted by atomic mass is 9.90. The van der Waals surface area contributed by atoms with E-state index in [0.29, 0.717) is 0 Å². The molecule has 5 aromatic rings. The molecule has 1 nitrogen and oxygen atoms in total. The molecule has 0 spiro atoms. The van der Waals surface area contributed by atoms with E-state index in [4.69, 9.17) is 0 Å². The van der Waals surface area contributed by atoms with Gasteiger partial charge in [0.15, 0.2) is 0 Å². The minimum atomic E-state index is 1.24. The highest BCUT2D eigenvalue weighted by Gasteiger charge is 2.18. The number of aromatic nitrogens is 1. The van der Waals surface area contributed by atoms with E-state index in [2.05, 4.69) is 109 Å². The van der Waals surface area contributed by atoms with Crippen molar-refractivity contribution in [3.8, 4) is 22.3 Å². The largest absolute Gasteiger partial charge is 0.353 e. The lowest BCUT2D eigenvalue weighted by molar-refractivity contribution is 1.31. The van der Waals surface area contributed by atoms with Crippen LogP contribution in [-0.4, -0.2) is 4.98 Å². The molecular formula is C32H33N. The van der Waals surface area contributed by atoms with Crippen LogP contribution in [0.1, 0.15) is 44.5 Å². The summed E-state index contributed by atoms with van der Waals surface area (Å²) in [6.45, 7) is 17.7. The lowest BCUT2D eigenvalue weighted by Gasteiger charge is -2.14. The van der Waals surface area contributed by atoms with Crippen LogP contribution in [0.15, 0.2) is 48.5 Å². The van der Waals surface area contributed by atoms with Crippen LogP contribution in [0.2, 0.25) is 0 Å². The Morgan fingerprint density at radius 1 is 0.394 bits per heavy atom. The van der Waals surface area contributed by atoms with E-state index in [1.54, 1.807) is 0 Å². The number of hydrogen-bond donors (Lipinski definition) is 1. The van der Waals surface area contributed by atoms with Gasteiger partial charge in [-0.25, -0.2) is 0 Å². The molecule has 4 aromatic carbocycles. The van der Waals surface area contributed by atoms with Gasteiger partial charge in [0.1, 0.15) is 0 Å². The third kappa shape index (κ3) is 3.47. The fraction of sp³-hybridized carbons (Fsp3) is 0.250. The van der Waals surface area contributed by atoms with Crippen LogP contribution in [0.5, 0.6) is 0 Å². The van der Waals surface area contributed by atoms with Crippen LogP contribution in [0.3, 0.4) is 0 Å². The van der Waals surface area contributed by atoms with Crippen molar-refractivity contribution in [2.75, 3.05) is 0 Å². The molecule has 0 radical (unpaired) electrons. The number of aromatic amines is 1. The van der Waals surface area contributed by atoms with Gasteiger partial charge in [-0.05, 0) is 124 Å². The molecule has 1 heterocycles. The molecule has 0 bridgehead atoms. The molecule has 33 heavy (non-hydrogen) atoms. The first kappa shape index (κ1) is 21.5. The molecule has 0 aliphatic rings. The van der Waals surface area contributed by atoms with E-state index in [1.807, 2.05) is 0 Å². The van der Waals surface area contributed by atoms with Gasteiger partial charge < -0.3 is 4.98 Å². The van der Waals surface area contributed by atoms with Gasteiger partial charge in [-0.15, -0.1) is 0 Å². The second-order valence-corrected chi connectivity index (χ2v) is 10.1. The van der Waals surface area contributed by atoms with Gasteiger partial charge in [0.05, 0.1) is 11.0 Å². The summed E-state index contributed by atoms with van der Waals surface area (Å²) in [5.74, 6) is 0. The van der Waals surface area contributed by atoms with Crippen LogP contribution in [0, 0.1) is 55.4 Å². The van der Waals surface area contributed by atoms with Crippen molar-refractivity contribution < 1.29 is 0 Å². The second-order valence-electron chi connectivity index (χ2n) is 10.1. The van der Waals surface area contributed by atoms with Gasteiger partial charge in [-0.3, -0.25) is 0 Å². The van der Waals surface area contributed by atoms with E-state index in [9.17, 15) is 0 Å². The van der Waals surface area contributed by atoms with Crippen LogP contribution in [0.25, 0.3) is 44.1 Å². The number of hydrogen-bond acceptors (Lipinski definition) is 0. The van der Waals surface area contributed by atoms with E-state index < -0.39 is 0 Å². The molecule has 166 valence electrons. The van der Waals surface area contributed by atoms with Crippen molar-refractivity contribution in [1.29, 1.82) is 0 Å². The third-order valence-electron chi connectivity index (χ3n) is 7.00. The minimum Gasteiger partial charge on any atom is -0.353 e. The highest BCUT2D eigenvalue weighted by molar-refractivity contribution is 6.16. The summed E-state index contributed by atoms with van der Waals surface area (Å²) in [4.78, 5) is 3.90. The van der Waals surface area contributed by atoms with Gasteiger partial charge in [-0.1, -0.05) is 35.4 Å². The fourth-order valence-corrected chi connectivity index (χ4v) is 6.00. The first-order chi connectivity index (χ1) is 15.6. The normalized spacial score (nSPS) is 11.6.